The van der Waals surface area contributed by atoms with Crippen molar-refractivity contribution in [1.82, 2.24) is 9.88 Å². The van der Waals surface area contributed by atoms with E-state index in [9.17, 15) is 4.79 Å². The average molecular weight is 261 g/mol. The minimum atomic E-state index is 0.179. The predicted molar refractivity (Wildman–Crippen MR) is 77.2 cm³/mol. The monoisotopic (exact) mass is 261 g/mol. The number of amides is 1. The summed E-state index contributed by atoms with van der Waals surface area (Å²) in [6.07, 6.45) is 3.85. The first kappa shape index (κ1) is 13.8. The van der Waals surface area contributed by atoms with Gasteiger partial charge in [-0.05, 0) is 36.5 Å². The van der Waals surface area contributed by atoms with E-state index in [0.29, 0.717) is 12.0 Å². The van der Waals surface area contributed by atoms with Crippen molar-refractivity contribution in [2.24, 2.45) is 0 Å². The van der Waals surface area contributed by atoms with Gasteiger partial charge in [-0.15, -0.1) is 0 Å². The second kappa shape index (κ2) is 6.04. The fourth-order valence-electron chi connectivity index (χ4n) is 2.43. The van der Waals surface area contributed by atoms with E-state index in [2.05, 4.69) is 36.3 Å². The van der Waals surface area contributed by atoms with E-state index in [0.717, 1.165) is 31.7 Å². The third kappa shape index (κ3) is 3.69. The fraction of sp³-hybridized carbons (Fsp3) is 0.600. The summed E-state index contributed by atoms with van der Waals surface area (Å²) in [5.41, 5.74) is 1.30. The van der Waals surface area contributed by atoms with Crippen LogP contribution in [0, 0.1) is 0 Å². The number of rotatable bonds is 3. The third-order valence-electron chi connectivity index (χ3n) is 3.74. The van der Waals surface area contributed by atoms with Crippen molar-refractivity contribution in [3.05, 3.63) is 23.9 Å². The van der Waals surface area contributed by atoms with Gasteiger partial charge in [-0.3, -0.25) is 4.79 Å². The first-order valence-corrected chi connectivity index (χ1v) is 7.04. The first-order valence-electron chi connectivity index (χ1n) is 7.04. The molecule has 0 atom stereocenters. The number of pyridine rings is 1. The Labute approximate surface area is 115 Å². The summed E-state index contributed by atoms with van der Waals surface area (Å²) in [4.78, 5) is 17.6. The number of piperidine rings is 1. The van der Waals surface area contributed by atoms with Gasteiger partial charge in [0, 0.05) is 32.3 Å². The number of hydrogen-bond acceptors (Lipinski definition) is 3. The Hall–Kier alpha value is -1.58. The second-order valence-corrected chi connectivity index (χ2v) is 5.55. The molecule has 1 aromatic rings. The molecule has 0 aromatic carbocycles. The molecule has 2 rings (SSSR count). The Kier molecular flexibility index (Phi) is 4.40. The molecule has 104 valence electrons. The minimum absolute atomic E-state index is 0.179. The molecule has 0 spiro atoms. The van der Waals surface area contributed by atoms with Crippen molar-refractivity contribution in [3.63, 3.8) is 0 Å². The van der Waals surface area contributed by atoms with Crippen LogP contribution < -0.4 is 5.32 Å². The molecule has 4 heteroatoms. The number of carbonyl (C=O) groups excluding carboxylic acids is 1. The molecule has 1 N–H and O–H groups in total. The summed E-state index contributed by atoms with van der Waals surface area (Å²) < 4.78 is 0. The van der Waals surface area contributed by atoms with Gasteiger partial charge in [-0.25, -0.2) is 4.98 Å². The van der Waals surface area contributed by atoms with Gasteiger partial charge in [0.2, 0.25) is 5.91 Å². The molecular formula is C15H23N3O. The molecule has 2 heterocycles. The van der Waals surface area contributed by atoms with Crippen LogP contribution in [0.15, 0.2) is 18.3 Å². The molecule has 1 aliphatic heterocycles. The fourth-order valence-corrected chi connectivity index (χ4v) is 2.43. The zero-order valence-electron chi connectivity index (χ0n) is 12.0. The van der Waals surface area contributed by atoms with Crippen molar-refractivity contribution in [2.75, 3.05) is 18.4 Å². The van der Waals surface area contributed by atoms with Crippen LogP contribution in [0.2, 0.25) is 0 Å². The Balaban J connectivity index is 1.92. The van der Waals surface area contributed by atoms with Crippen LogP contribution in [0.4, 0.5) is 5.82 Å². The van der Waals surface area contributed by atoms with Gasteiger partial charge in [0.15, 0.2) is 0 Å². The summed E-state index contributed by atoms with van der Waals surface area (Å²) >= 11 is 0. The van der Waals surface area contributed by atoms with Gasteiger partial charge in [-0.1, -0.05) is 13.8 Å². The number of hydrogen-bond donors (Lipinski definition) is 1. The molecule has 0 radical (unpaired) electrons. The number of carbonyl (C=O) groups is 1. The Bertz CT molecular complexity index is 437. The number of aromatic nitrogens is 1. The normalized spacial score (nSPS) is 16.7. The van der Waals surface area contributed by atoms with E-state index < -0.39 is 0 Å². The van der Waals surface area contributed by atoms with E-state index in [1.165, 1.54) is 5.56 Å². The molecule has 1 saturated heterocycles. The lowest BCUT2D eigenvalue weighted by Crippen LogP contribution is -2.41. The summed E-state index contributed by atoms with van der Waals surface area (Å²) in [7, 11) is 0. The van der Waals surface area contributed by atoms with Crippen molar-refractivity contribution in [2.45, 2.75) is 45.6 Å². The number of nitrogens with zero attached hydrogens (tertiary/aromatic N) is 2. The maximum Gasteiger partial charge on any atom is 0.219 e. The highest BCUT2D eigenvalue weighted by Crippen LogP contribution is 2.19. The molecule has 1 amide bonds. The lowest BCUT2D eigenvalue weighted by molar-refractivity contribution is -0.129. The number of nitrogens with one attached hydrogen (secondary N) is 1. The largest absolute Gasteiger partial charge is 0.367 e. The molecule has 1 fully saturated rings. The molecule has 1 aromatic heterocycles. The van der Waals surface area contributed by atoms with E-state index in [1.807, 2.05) is 11.1 Å². The maximum absolute atomic E-state index is 11.3. The quantitative estimate of drug-likeness (QED) is 0.909. The number of anilines is 1. The number of likely N-dealkylation sites (tertiary alicyclic amines) is 1. The molecule has 19 heavy (non-hydrogen) atoms. The summed E-state index contributed by atoms with van der Waals surface area (Å²) in [5, 5.41) is 3.49. The van der Waals surface area contributed by atoms with Gasteiger partial charge in [0.25, 0.3) is 0 Å². The van der Waals surface area contributed by atoms with Gasteiger partial charge in [0.05, 0.1) is 0 Å². The molecule has 0 aliphatic carbocycles. The topological polar surface area (TPSA) is 45.2 Å². The van der Waals surface area contributed by atoms with Gasteiger partial charge >= 0.3 is 0 Å². The lowest BCUT2D eigenvalue weighted by Gasteiger charge is -2.32. The Morgan fingerprint density at radius 1 is 1.42 bits per heavy atom. The van der Waals surface area contributed by atoms with Crippen LogP contribution in [0.3, 0.4) is 0 Å². The zero-order valence-corrected chi connectivity index (χ0v) is 12.0. The molecule has 4 nitrogen and oxygen atoms in total. The average Bonchev–Trinajstić information content (AvgIpc) is 2.39. The van der Waals surface area contributed by atoms with Crippen LogP contribution >= 0.6 is 0 Å². The van der Waals surface area contributed by atoms with Crippen molar-refractivity contribution < 1.29 is 4.79 Å². The van der Waals surface area contributed by atoms with Crippen LogP contribution in [-0.2, 0) is 4.79 Å². The van der Waals surface area contributed by atoms with Crippen molar-refractivity contribution in [3.8, 4) is 0 Å². The molecule has 0 saturated carbocycles. The Morgan fingerprint density at radius 2 is 2.11 bits per heavy atom. The molecule has 0 unspecified atom stereocenters. The van der Waals surface area contributed by atoms with Crippen LogP contribution in [-0.4, -0.2) is 34.9 Å². The molecule has 1 aliphatic rings. The third-order valence-corrected chi connectivity index (χ3v) is 3.74. The minimum Gasteiger partial charge on any atom is -0.367 e. The SMILES string of the molecule is CC(=O)N1CCC(Nc2cc(C(C)C)ccn2)CC1. The van der Waals surface area contributed by atoms with Crippen molar-refractivity contribution >= 4 is 11.7 Å². The van der Waals surface area contributed by atoms with Crippen LogP contribution in [0.5, 0.6) is 0 Å². The lowest BCUT2D eigenvalue weighted by atomic mass is 10.0. The smallest absolute Gasteiger partial charge is 0.219 e. The highest BCUT2D eigenvalue weighted by atomic mass is 16.2. The van der Waals surface area contributed by atoms with E-state index in [4.69, 9.17) is 0 Å². The van der Waals surface area contributed by atoms with E-state index in [1.54, 1.807) is 6.92 Å². The van der Waals surface area contributed by atoms with Gasteiger partial charge < -0.3 is 10.2 Å². The van der Waals surface area contributed by atoms with Gasteiger partial charge in [0.1, 0.15) is 5.82 Å². The Morgan fingerprint density at radius 3 is 2.68 bits per heavy atom. The summed E-state index contributed by atoms with van der Waals surface area (Å²) in [6.45, 7) is 7.70. The van der Waals surface area contributed by atoms with Crippen LogP contribution in [0.1, 0.15) is 45.1 Å². The summed E-state index contributed by atoms with van der Waals surface area (Å²) in [5.74, 6) is 1.65. The highest BCUT2D eigenvalue weighted by molar-refractivity contribution is 5.73. The highest BCUT2D eigenvalue weighted by Gasteiger charge is 2.20. The molecular weight excluding hydrogens is 238 g/mol. The van der Waals surface area contributed by atoms with E-state index >= 15 is 0 Å². The first-order chi connectivity index (χ1) is 9.06. The van der Waals surface area contributed by atoms with Gasteiger partial charge in [-0.2, -0.15) is 0 Å². The maximum atomic E-state index is 11.3. The second-order valence-electron chi connectivity index (χ2n) is 5.55. The van der Waals surface area contributed by atoms with Crippen molar-refractivity contribution in [1.29, 1.82) is 0 Å². The standard InChI is InChI=1S/C15H23N3O/c1-11(2)13-4-7-16-15(10-13)17-14-5-8-18(9-6-14)12(3)19/h4,7,10-11,14H,5-6,8-9H2,1-3H3,(H,16,17). The summed E-state index contributed by atoms with van der Waals surface area (Å²) in [6, 6.07) is 4.61. The predicted octanol–water partition coefficient (Wildman–Crippen LogP) is 2.63. The zero-order chi connectivity index (χ0) is 13.8. The van der Waals surface area contributed by atoms with E-state index in [-0.39, 0.29) is 5.91 Å². The molecule has 0 bridgehead atoms. The van der Waals surface area contributed by atoms with Crippen LogP contribution in [0.25, 0.3) is 0 Å².